The lowest BCUT2D eigenvalue weighted by atomic mass is 10.1. The number of nitrogens with one attached hydrogen (secondary N) is 2. The molecule has 3 rings (SSSR count). The van der Waals surface area contributed by atoms with E-state index in [0.717, 1.165) is 24.2 Å². The highest BCUT2D eigenvalue weighted by Gasteiger charge is 2.18. The highest BCUT2D eigenvalue weighted by molar-refractivity contribution is 8.00. The number of unbranched alkanes of at least 4 members (excludes halogenated alkanes) is 1. The van der Waals surface area contributed by atoms with Gasteiger partial charge < -0.3 is 15.4 Å². The number of fused-ring (bicyclic) bond motifs is 1. The minimum Gasteiger partial charge on any atom is -0.452 e. The van der Waals surface area contributed by atoms with Crippen molar-refractivity contribution in [1.82, 2.24) is 0 Å². The molecule has 146 valence electrons. The van der Waals surface area contributed by atoms with Gasteiger partial charge in [0.1, 0.15) is 0 Å². The second kappa shape index (κ2) is 9.41. The van der Waals surface area contributed by atoms with Gasteiger partial charge >= 0.3 is 5.97 Å². The van der Waals surface area contributed by atoms with Gasteiger partial charge in [0.2, 0.25) is 5.91 Å². The van der Waals surface area contributed by atoms with Crippen LogP contribution in [-0.4, -0.2) is 30.1 Å². The fourth-order valence-electron chi connectivity index (χ4n) is 2.76. The van der Waals surface area contributed by atoms with E-state index < -0.39 is 11.9 Å². The van der Waals surface area contributed by atoms with E-state index in [1.54, 1.807) is 18.2 Å². The van der Waals surface area contributed by atoms with Crippen LogP contribution in [0.2, 0.25) is 0 Å². The molecular formula is C21H22N2O4S. The number of amides is 2. The van der Waals surface area contributed by atoms with E-state index in [4.69, 9.17) is 4.74 Å². The van der Waals surface area contributed by atoms with E-state index in [9.17, 15) is 14.4 Å². The third kappa shape index (κ3) is 5.36. The molecule has 6 nitrogen and oxygen atoms in total. The Bertz CT molecular complexity index is 880. The highest BCUT2D eigenvalue weighted by atomic mass is 32.2. The van der Waals surface area contributed by atoms with Crippen molar-refractivity contribution in [2.45, 2.75) is 31.1 Å². The molecule has 0 aliphatic carbocycles. The fourth-order valence-corrected chi connectivity index (χ4v) is 3.55. The number of aryl methyl sites for hydroxylation is 1. The summed E-state index contributed by atoms with van der Waals surface area (Å²) in [6.45, 7) is 1.77. The van der Waals surface area contributed by atoms with Crippen LogP contribution in [0.15, 0.2) is 47.4 Å². The lowest BCUT2D eigenvalue weighted by Crippen LogP contribution is -2.22. The van der Waals surface area contributed by atoms with E-state index in [1.807, 2.05) is 24.3 Å². The topological polar surface area (TPSA) is 84.5 Å². The normalized spacial score (nSPS) is 12.7. The molecule has 2 N–H and O–H groups in total. The maximum absolute atomic E-state index is 12.2. The Hall–Kier alpha value is -2.80. The molecule has 1 heterocycles. The van der Waals surface area contributed by atoms with Crippen molar-refractivity contribution in [2.24, 2.45) is 0 Å². The average molecular weight is 398 g/mol. The Morgan fingerprint density at radius 2 is 1.96 bits per heavy atom. The fraction of sp³-hybridized carbons (Fsp3) is 0.286. The number of hydrogen-bond donors (Lipinski definition) is 2. The van der Waals surface area contributed by atoms with Crippen molar-refractivity contribution in [1.29, 1.82) is 0 Å². The van der Waals surface area contributed by atoms with Gasteiger partial charge in [-0.1, -0.05) is 25.5 Å². The summed E-state index contributed by atoms with van der Waals surface area (Å²) in [6, 6.07) is 12.6. The van der Waals surface area contributed by atoms with E-state index >= 15 is 0 Å². The zero-order valence-electron chi connectivity index (χ0n) is 15.6. The Kier molecular flexibility index (Phi) is 6.71. The third-order valence-corrected chi connectivity index (χ3v) is 5.31. The minimum absolute atomic E-state index is 0.108. The highest BCUT2D eigenvalue weighted by Crippen LogP contribution is 2.32. The largest absolute Gasteiger partial charge is 0.452 e. The van der Waals surface area contributed by atoms with Gasteiger partial charge in [0.05, 0.1) is 17.0 Å². The molecule has 1 aliphatic rings. The van der Waals surface area contributed by atoms with Gasteiger partial charge in [-0.25, -0.2) is 4.79 Å². The van der Waals surface area contributed by atoms with Crippen LogP contribution in [0.5, 0.6) is 0 Å². The number of thioether (sulfide) groups is 1. The third-order valence-electron chi connectivity index (χ3n) is 4.24. The average Bonchev–Trinajstić information content (AvgIpc) is 2.71. The van der Waals surface area contributed by atoms with Gasteiger partial charge in [0.15, 0.2) is 6.61 Å². The van der Waals surface area contributed by atoms with Crippen LogP contribution in [0.1, 0.15) is 35.7 Å². The molecule has 2 aromatic rings. The maximum atomic E-state index is 12.2. The summed E-state index contributed by atoms with van der Waals surface area (Å²) in [5.41, 5.74) is 2.76. The predicted octanol–water partition coefficient (Wildman–Crippen LogP) is 3.87. The SMILES string of the molecule is CCCCc1ccc(NC(=O)COC(=O)c2ccc3c(c2)NC(=O)CS3)cc1. The number of carbonyl (C=O) groups excluding carboxylic acids is 3. The Morgan fingerprint density at radius 3 is 2.71 bits per heavy atom. The second-order valence-corrected chi connectivity index (χ2v) is 7.49. The van der Waals surface area contributed by atoms with E-state index in [0.29, 0.717) is 17.1 Å². The van der Waals surface area contributed by atoms with Gasteiger partial charge in [-0.3, -0.25) is 9.59 Å². The smallest absolute Gasteiger partial charge is 0.338 e. The first-order chi connectivity index (χ1) is 13.5. The zero-order valence-corrected chi connectivity index (χ0v) is 16.4. The molecule has 0 bridgehead atoms. The molecule has 0 aromatic heterocycles. The molecular weight excluding hydrogens is 376 g/mol. The Labute approximate surface area is 168 Å². The summed E-state index contributed by atoms with van der Waals surface area (Å²) in [6.07, 6.45) is 3.29. The van der Waals surface area contributed by atoms with E-state index in [2.05, 4.69) is 17.6 Å². The minimum atomic E-state index is -0.613. The van der Waals surface area contributed by atoms with Crippen LogP contribution in [0.3, 0.4) is 0 Å². The molecule has 2 amide bonds. The molecule has 2 aromatic carbocycles. The van der Waals surface area contributed by atoms with Crippen LogP contribution >= 0.6 is 11.8 Å². The summed E-state index contributed by atoms with van der Waals surface area (Å²) in [7, 11) is 0. The Balaban J connectivity index is 1.51. The molecule has 0 spiro atoms. The molecule has 0 unspecified atom stereocenters. The number of rotatable bonds is 7. The number of esters is 1. The van der Waals surface area contributed by atoms with Crippen LogP contribution < -0.4 is 10.6 Å². The predicted molar refractivity (Wildman–Crippen MR) is 110 cm³/mol. The number of ether oxygens (including phenoxy) is 1. The molecule has 28 heavy (non-hydrogen) atoms. The maximum Gasteiger partial charge on any atom is 0.338 e. The zero-order chi connectivity index (χ0) is 19.9. The van der Waals surface area contributed by atoms with Gasteiger partial charge in [-0.2, -0.15) is 0 Å². The monoisotopic (exact) mass is 398 g/mol. The van der Waals surface area contributed by atoms with Gasteiger partial charge in [-0.15, -0.1) is 11.8 Å². The Morgan fingerprint density at radius 1 is 1.18 bits per heavy atom. The molecule has 1 aliphatic heterocycles. The lowest BCUT2D eigenvalue weighted by Gasteiger charge is -2.16. The summed E-state index contributed by atoms with van der Waals surface area (Å²) in [4.78, 5) is 36.6. The first kappa shape index (κ1) is 19.9. The molecule has 0 atom stereocenters. The molecule has 0 saturated heterocycles. The quantitative estimate of drug-likeness (QED) is 0.692. The van der Waals surface area contributed by atoms with Crippen molar-refractivity contribution in [2.75, 3.05) is 23.0 Å². The first-order valence-electron chi connectivity index (χ1n) is 9.18. The van der Waals surface area contributed by atoms with Crippen molar-refractivity contribution in [3.8, 4) is 0 Å². The van der Waals surface area contributed by atoms with Gasteiger partial charge in [0.25, 0.3) is 5.91 Å². The first-order valence-corrected chi connectivity index (χ1v) is 10.2. The van der Waals surface area contributed by atoms with Gasteiger partial charge in [-0.05, 0) is 48.7 Å². The molecule has 0 radical (unpaired) electrons. The lowest BCUT2D eigenvalue weighted by molar-refractivity contribution is -0.119. The van der Waals surface area contributed by atoms with Crippen LogP contribution in [0, 0.1) is 0 Å². The van der Waals surface area contributed by atoms with Crippen molar-refractivity contribution >= 4 is 40.9 Å². The summed E-state index contributed by atoms with van der Waals surface area (Å²) >= 11 is 1.41. The van der Waals surface area contributed by atoms with Crippen LogP contribution in [-0.2, 0) is 20.7 Å². The number of benzene rings is 2. The molecule has 0 fully saturated rings. The van der Waals surface area contributed by atoms with Crippen LogP contribution in [0.25, 0.3) is 0 Å². The number of anilines is 2. The number of hydrogen-bond acceptors (Lipinski definition) is 5. The second-order valence-electron chi connectivity index (χ2n) is 6.47. The van der Waals surface area contributed by atoms with Crippen molar-refractivity contribution in [3.05, 3.63) is 53.6 Å². The molecule has 7 heteroatoms. The van der Waals surface area contributed by atoms with Crippen molar-refractivity contribution in [3.63, 3.8) is 0 Å². The molecule has 0 saturated carbocycles. The van der Waals surface area contributed by atoms with Gasteiger partial charge in [0, 0.05) is 10.6 Å². The van der Waals surface area contributed by atoms with E-state index in [1.165, 1.54) is 17.3 Å². The summed E-state index contributed by atoms with van der Waals surface area (Å²) in [5, 5.41) is 5.43. The standard InChI is InChI=1S/C21H22N2O4S/c1-2-3-4-14-5-8-16(9-6-14)22-19(24)12-27-21(26)15-7-10-18-17(11-15)23-20(25)13-28-18/h5-11H,2-4,12-13H2,1H3,(H,22,24)(H,23,25). The van der Waals surface area contributed by atoms with Crippen LogP contribution in [0.4, 0.5) is 11.4 Å². The van der Waals surface area contributed by atoms with E-state index in [-0.39, 0.29) is 18.1 Å². The summed E-state index contributed by atoms with van der Waals surface area (Å²) < 4.78 is 5.09. The summed E-state index contributed by atoms with van der Waals surface area (Å²) in [5.74, 6) is -0.770. The number of carbonyl (C=O) groups is 3. The van der Waals surface area contributed by atoms with Crippen molar-refractivity contribution < 1.29 is 19.1 Å².